The van der Waals surface area contributed by atoms with Crippen LogP contribution in [0.3, 0.4) is 0 Å². The smallest absolute Gasteiger partial charge is 0.250 e. The lowest BCUT2D eigenvalue weighted by Crippen LogP contribution is -2.37. The van der Waals surface area contributed by atoms with E-state index in [-0.39, 0.29) is 6.54 Å². The third-order valence-corrected chi connectivity index (χ3v) is 4.51. The minimum Gasteiger partial charge on any atom is -0.307 e. The molecule has 0 unspecified atom stereocenters. The van der Waals surface area contributed by atoms with E-state index in [4.69, 9.17) is 0 Å². The zero-order valence-corrected chi connectivity index (χ0v) is 11.1. The fourth-order valence-electron chi connectivity index (χ4n) is 1.45. The lowest BCUT2D eigenvalue weighted by atomic mass is 10.2. The lowest BCUT2D eigenvalue weighted by molar-refractivity contribution is 0.145. The van der Waals surface area contributed by atoms with Gasteiger partial charge in [-0.2, -0.15) is 0 Å². The topological polar surface area (TPSA) is 12.0 Å². The number of hydrogen-bond acceptors (Lipinski definition) is 1. The Labute approximate surface area is 96.9 Å². The van der Waals surface area contributed by atoms with Crippen LogP contribution < -0.4 is 10.5 Å². The molecule has 0 saturated carbocycles. The molecule has 1 aromatic carbocycles. The predicted molar refractivity (Wildman–Crippen MR) is 67.1 cm³/mol. The van der Waals surface area contributed by atoms with Gasteiger partial charge in [-0.05, 0) is 5.56 Å². The van der Waals surface area contributed by atoms with Crippen molar-refractivity contribution in [2.24, 2.45) is 0 Å². The van der Waals surface area contributed by atoms with Gasteiger partial charge in [-0.25, -0.2) is 8.78 Å². The highest BCUT2D eigenvalue weighted by Gasteiger charge is 2.15. The Kier molecular flexibility index (Phi) is 4.62. The van der Waals surface area contributed by atoms with Crippen molar-refractivity contribution in [2.45, 2.75) is 32.6 Å². The SMILES string of the molecule is C[Si](C)(C)c1ccc(CNCC(F)F)cc1. The summed E-state index contributed by atoms with van der Waals surface area (Å²) >= 11 is 0. The Balaban J connectivity index is 2.52. The number of halogens is 2. The van der Waals surface area contributed by atoms with E-state index in [9.17, 15) is 8.78 Å². The molecule has 0 heterocycles. The molecule has 0 spiro atoms. The van der Waals surface area contributed by atoms with Crippen molar-refractivity contribution in [3.05, 3.63) is 29.8 Å². The van der Waals surface area contributed by atoms with Crippen LogP contribution in [0.25, 0.3) is 0 Å². The average Bonchev–Trinajstić information content (AvgIpc) is 2.16. The van der Waals surface area contributed by atoms with Crippen LogP contribution in [0.1, 0.15) is 5.56 Å². The highest BCUT2D eigenvalue weighted by molar-refractivity contribution is 6.88. The fraction of sp³-hybridized carbons (Fsp3) is 0.500. The molecule has 0 fully saturated rings. The van der Waals surface area contributed by atoms with E-state index >= 15 is 0 Å². The second kappa shape index (κ2) is 5.55. The third kappa shape index (κ3) is 4.41. The van der Waals surface area contributed by atoms with Gasteiger partial charge in [0.1, 0.15) is 0 Å². The maximum Gasteiger partial charge on any atom is 0.250 e. The molecule has 0 atom stereocenters. The summed E-state index contributed by atoms with van der Waals surface area (Å²) in [5.41, 5.74) is 1.06. The van der Waals surface area contributed by atoms with Gasteiger partial charge in [0.15, 0.2) is 0 Å². The second-order valence-electron chi connectivity index (χ2n) is 4.97. The highest BCUT2D eigenvalue weighted by atomic mass is 28.3. The summed E-state index contributed by atoms with van der Waals surface area (Å²) in [6.07, 6.45) is -2.28. The molecular formula is C12H19F2NSi. The van der Waals surface area contributed by atoms with Gasteiger partial charge in [0, 0.05) is 6.54 Å². The van der Waals surface area contributed by atoms with Crippen molar-refractivity contribution in [1.29, 1.82) is 0 Å². The van der Waals surface area contributed by atoms with Crippen molar-refractivity contribution in [1.82, 2.24) is 5.32 Å². The Bertz CT molecular complexity index is 317. The predicted octanol–water partition coefficient (Wildman–Crippen LogP) is 2.59. The van der Waals surface area contributed by atoms with Gasteiger partial charge in [-0.1, -0.05) is 49.1 Å². The Hall–Kier alpha value is -0.743. The largest absolute Gasteiger partial charge is 0.307 e. The van der Waals surface area contributed by atoms with E-state index in [1.54, 1.807) is 0 Å². The summed E-state index contributed by atoms with van der Waals surface area (Å²) in [4.78, 5) is 0. The third-order valence-electron chi connectivity index (χ3n) is 2.45. The normalized spacial score (nSPS) is 12.1. The molecule has 1 nitrogen and oxygen atoms in total. The van der Waals surface area contributed by atoms with Crippen LogP contribution >= 0.6 is 0 Å². The van der Waals surface area contributed by atoms with Gasteiger partial charge in [-0.3, -0.25) is 0 Å². The minimum atomic E-state index is -2.28. The fourth-order valence-corrected chi connectivity index (χ4v) is 2.61. The lowest BCUT2D eigenvalue weighted by Gasteiger charge is -2.16. The van der Waals surface area contributed by atoms with Crippen LogP contribution in [-0.4, -0.2) is 21.0 Å². The van der Waals surface area contributed by atoms with Gasteiger partial charge >= 0.3 is 0 Å². The standard InChI is InChI=1S/C12H19F2NSi/c1-16(2,3)11-6-4-10(5-7-11)8-15-9-12(13)14/h4-7,12,15H,8-9H2,1-3H3. The Morgan fingerprint density at radius 2 is 1.69 bits per heavy atom. The molecule has 0 saturated heterocycles. The van der Waals surface area contributed by atoms with E-state index in [1.807, 2.05) is 12.1 Å². The number of hydrogen-bond donors (Lipinski definition) is 1. The first-order chi connectivity index (χ1) is 7.39. The zero-order chi connectivity index (χ0) is 12.2. The van der Waals surface area contributed by atoms with Gasteiger partial charge in [0.05, 0.1) is 14.6 Å². The van der Waals surface area contributed by atoms with E-state index in [0.717, 1.165) is 5.56 Å². The highest BCUT2D eigenvalue weighted by Crippen LogP contribution is 2.04. The van der Waals surface area contributed by atoms with Crippen LogP contribution in [0, 0.1) is 0 Å². The maximum absolute atomic E-state index is 11.9. The number of alkyl halides is 2. The maximum atomic E-state index is 11.9. The first kappa shape index (κ1) is 13.3. The molecule has 16 heavy (non-hydrogen) atoms. The molecule has 0 amide bonds. The minimum absolute atomic E-state index is 0.240. The van der Waals surface area contributed by atoms with Crippen LogP contribution in [0.4, 0.5) is 8.78 Å². The van der Waals surface area contributed by atoms with Gasteiger partial charge in [0.2, 0.25) is 0 Å². The molecule has 0 aliphatic rings. The molecular weight excluding hydrogens is 224 g/mol. The van der Waals surface area contributed by atoms with E-state index in [2.05, 4.69) is 37.1 Å². The molecule has 1 rings (SSSR count). The Morgan fingerprint density at radius 1 is 1.12 bits per heavy atom. The molecule has 0 bridgehead atoms. The molecule has 1 N–H and O–H groups in total. The van der Waals surface area contributed by atoms with E-state index in [1.165, 1.54) is 5.19 Å². The molecule has 1 aromatic rings. The van der Waals surface area contributed by atoms with Crippen molar-refractivity contribution in [3.8, 4) is 0 Å². The van der Waals surface area contributed by atoms with Gasteiger partial charge in [-0.15, -0.1) is 0 Å². The number of benzene rings is 1. The first-order valence-electron chi connectivity index (χ1n) is 5.48. The monoisotopic (exact) mass is 243 g/mol. The zero-order valence-electron chi connectivity index (χ0n) is 10.1. The second-order valence-corrected chi connectivity index (χ2v) is 10.0. The van der Waals surface area contributed by atoms with Crippen LogP contribution in [-0.2, 0) is 6.54 Å². The van der Waals surface area contributed by atoms with Crippen molar-refractivity contribution < 1.29 is 8.78 Å². The van der Waals surface area contributed by atoms with Crippen LogP contribution in [0.15, 0.2) is 24.3 Å². The Morgan fingerprint density at radius 3 is 2.12 bits per heavy atom. The van der Waals surface area contributed by atoms with Crippen LogP contribution in [0.5, 0.6) is 0 Å². The summed E-state index contributed by atoms with van der Waals surface area (Å²) in [7, 11) is -1.25. The number of rotatable bonds is 5. The van der Waals surface area contributed by atoms with E-state index in [0.29, 0.717) is 6.54 Å². The van der Waals surface area contributed by atoms with Crippen molar-refractivity contribution in [3.63, 3.8) is 0 Å². The molecule has 90 valence electrons. The van der Waals surface area contributed by atoms with Crippen molar-refractivity contribution in [2.75, 3.05) is 6.54 Å². The van der Waals surface area contributed by atoms with Crippen molar-refractivity contribution >= 4 is 13.3 Å². The van der Waals surface area contributed by atoms with Gasteiger partial charge in [0.25, 0.3) is 6.43 Å². The molecule has 0 radical (unpaired) electrons. The van der Waals surface area contributed by atoms with Gasteiger partial charge < -0.3 is 5.32 Å². The summed E-state index contributed by atoms with van der Waals surface area (Å²) in [6, 6.07) is 8.27. The molecule has 0 aliphatic carbocycles. The van der Waals surface area contributed by atoms with Crippen LogP contribution in [0.2, 0.25) is 19.6 Å². The summed E-state index contributed by atoms with van der Waals surface area (Å²) in [5, 5.41) is 4.11. The summed E-state index contributed by atoms with van der Waals surface area (Å²) in [6.45, 7) is 7.14. The molecule has 0 aromatic heterocycles. The summed E-state index contributed by atoms with van der Waals surface area (Å²) < 4.78 is 23.8. The van der Waals surface area contributed by atoms with E-state index < -0.39 is 14.5 Å². The first-order valence-corrected chi connectivity index (χ1v) is 8.98. The molecule has 0 aliphatic heterocycles. The molecule has 4 heteroatoms. The quantitative estimate of drug-likeness (QED) is 0.784. The summed E-state index contributed by atoms with van der Waals surface area (Å²) in [5.74, 6) is 0. The number of nitrogens with one attached hydrogen (secondary N) is 1. The average molecular weight is 243 g/mol.